The van der Waals surface area contributed by atoms with Crippen molar-refractivity contribution in [1.82, 2.24) is 15.6 Å². The van der Waals surface area contributed by atoms with E-state index in [0.717, 1.165) is 61.4 Å². The summed E-state index contributed by atoms with van der Waals surface area (Å²) in [7, 11) is 1.73. The molecular formula is C20H29N5OS. The quantitative estimate of drug-likeness (QED) is 0.565. The van der Waals surface area contributed by atoms with Crippen molar-refractivity contribution < 1.29 is 4.74 Å². The maximum absolute atomic E-state index is 5.51. The van der Waals surface area contributed by atoms with Gasteiger partial charge in [-0.3, -0.25) is 4.99 Å². The molecule has 1 aromatic carbocycles. The molecule has 1 fully saturated rings. The number of benzene rings is 1. The lowest BCUT2D eigenvalue weighted by atomic mass is 10.2. The van der Waals surface area contributed by atoms with Gasteiger partial charge in [-0.15, -0.1) is 11.3 Å². The van der Waals surface area contributed by atoms with Crippen LogP contribution < -0.4 is 20.3 Å². The number of hydrogen-bond acceptors (Lipinski definition) is 5. The number of aliphatic imine (C=N–C) groups is 1. The van der Waals surface area contributed by atoms with E-state index in [1.54, 1.807) is 18.4 Å². The molecule has 0 radical (unpaired) electrons. The van der Waals surface area contributed by atoms with Gasteiger partial charge >= 0.3 is 0 Å². The zero-order valence-corrected chi connectivity index (χ0v) is 17.2. The Morgan fingerprint density at radius 2 is 2.26 bits per heavy atom. The number of para-hydroxylation sites is 2. The number of hydrogen-bond donors (Lipinski definition) is 2. The van der Waals surface area contributed by atoms with Crippen LogP contribution in [0.1, 0.15) is 23.2 Å². The molecule has 1 atom stereocenters. The van der Waals surface area contributed by atoms with Crippen molar-refractivity contribution in [2.45, 2.75) is 32.7 Å². The van der Waals surface area contributed by atoms with Crippen molar-refractivity contribution in [1.29, 1.82) is 0 Å². The fourth-order valence-electron chi connectivity index (χ4n) is 3.28. The third kappa shape index (κ3) is 5.35. The molecule has 1 unspecified atom stereocenters. The number of aryl methyl sites for hydroxylation is 1. The summed E-state index contributed by atoms with van der Waals surface area (Å²) in [6, 6.07) is 8.58. The molecule has 1 aromatic heterocycles. The summed E-state index contributed by atoms with van der Waals surface area (Å²) in [4.78, 5) is 12.8. The average Bonchev–Trinajstić information content (AvgIpc) is 3.31. The lowest BCUT2D eigenvalue weighted by molar-refractivity contribution is 0.415. The molecule has 0 saturated carbocycles. The van der Waals surface area contributed by atoms with Crippen LogP contribution in [-0.2, 0) is 6.42 Å². The van der Waals surface area contributed by atoms with Crippen molar-refractivity contribution >= 4 is 23.0 Å². The Kier molecular flexibility index (Phi) is 6.92. The highest BCUT2D eigenvalue weighted by atomic mass is 32.1. The van der Waals surface area contributed by atoms with Gasteiger partial charge < -0.3 is 20.3 Å². The number of nitrogens with zero attached hydrogens (tertiary/aromatic N) is 3. The van der Waals surface area contributed by atoms with Crippen molar-refractivity contribution in [2.24, 2.45) is 4.99 Å². The van der Waals surface area contributed by atoms with Crippen molar-refractivity contribution in [3.8, 4) is 5.75 Å². The Bertz CT molecular complexity index is 760. The lowest BCUT2D eigenvalue weighted by Crippen LogP contribution is -2.44. The lowest BCUT2D eigenvalue weighted by Gasteiger charge is -2.22. The summed E-state index contributed by atoms with van der Waals surface area (Å²) >= 11 is 1.75. The second-order valence-electron chi connectivity index (χ2n) is 6.62. The van der Waals surface area contributed by atoms with Gasteiger partial charge in [0.2, 0.25) is 0 Å². The van der Waals surface area contributed by atoms with E-state index in [1.807, 2.05) is 18.3 Å². The first-order valence-electron chi connectivity index (χ1n) is 9.53. The zero-order valence-electron chi connectivity index (χ0n) is 16.4. The van der Waals surface area contributed by atoms with Gasteiger partial charge in [0.25, 0.3) is 0 Å². The molecule has 6 nitrogen and oxygen atoms in total. The van der Waals surface area contributed by atoms with Gasteiger partial charge in [-0.1, -0.05) is 12.1 Å². The number of guanidine groups is 1. The number of ether oxygens (including phenoxy) is 1. The zero-order chi connectivity index (χ0) is 19.1. The molecule has 27 heavy (non-hydrogen) atoms. The van der Waals surface area contributed by atoms with Crippen LogP contribution in [-0.4, -0.2) is 50.3 Å². The molecule has 1 aliphatic rings. The number of aromatic nitrogens is 1. The number of rotatable bonds is 7. The van der Waals surface area contributed by atoms with Crippen LogP contribution in [0.25, 0.3) is 0 Å². The SMILES string of the molecule is CCNC(=NCCc1ncc(C)s1)NC1CCN(c2ccccc2OC)C1. The molecule has 1 aliphatic heterocycles. The standard InChI is InChI=1S/C20H29N5OS/c1-4-21-20(22-11-9-19-23-13-15(2)27-19)24-16-10-12-25(14-16)17-7-5-6-8-18(17)26-3/h5-8,13,16H,4,9-12,14H2,1-3H3,(H2,21,22,24). The van der Waals surface area contributed by atoms with E-state index in [4.69, 9.17) is 9.73 Å². The Balaban J connectivity index is 1.56. The Labute approximate surface area is 165 Å². The maximum atomic E-state index is 5.51. The second-order valence-corrected chi connectivity index (χ2v) is 7.94. The number of methoxy groups -OCH3 is 1. The normalized spacial score (nSPS) is 17.2. The average molecular weight is 388 g/mol. The van der Waals surface area contributed by atoms with Crippen LogP contribution in [0.2, 0.25) is 0 Å². The van der Waals surface area contributed by atoms with Gasteiger partial charge in [0.15, 0.2) is 5.96 Å². The van der Waals surface area contributed by atoms with Gasteiger partial charge in [-0.25, -0.2) is 4.98 Å². The van der Waals surface area contributed by atoms with Gasteiger partial charge in [0.05, 0.1) is 17.8 Å². The second kappa shape index (κ2) is 9.60. The van der Waals surface area contributed by atoms with Crippen LogP contribution in [0, 0.1) is 6.92 Å². The van der Waals surface area contributed by atoms with Crippen LogP contribution >= 0.6 is 11.3 Å². The Morgan fingerprint density at radius 3 is 3.00 bits per heavy atom. The third-order valence-electron chi connectivity index (χ3n) is 4.56. The first-order valence-corrected chi connectivity index (χ1v) is 10.4. The summed E-state index contributed by atoms with van der Waals surface area (Å²) in [5, 5.41) is 8.09. The molecule has 146 valence electrons. The number of anilines is 1. The van der Waals surface area contributed by atoms with E-state index in [1.165, 1.54) is 4.88 Å². The predicted octanol–water partition coefficient (Wildman–Crippen LogP) is 2.84. The molecule has 2 heterocycles. The van der Waals surface area contributed by atoms with Gasteiger partial charge in [0, 0.05) is 49.7 Å². The Hall–Kier alpha value is -2.28. The molecule has 0 spiro atoms. The highest BCUT2D eigenvalue weighted by Gasteiger charge is 2.25. The molecule has 7 heteroatoms. The molecule has 0 amide bonds. The predicted molar refractivity (Wildman–Crippen MR) is 113 cm³/mol. The van der Waals surface area contributed by atoms with E-state index in [2.05, 4.69) is 46.5 Å². The minimum atomic E-state index is 0.370. The molecule has 2 N–H and O–H groups in total. The highest BCUT2D eigenvalue weighted by molar-refractivity contribution is 7.11. The summed E-state index contributed by atoms with van der Waals surface area (Å²) in [6.07, 6.45) is 3.89. The molecular weight excluding hydrogens is 358 g/mol. The molecule has 0 bridgehead atoms. The summed E-state index contributed by atoms with van der Waals surface area (Å²) < 4.78 is 5.51. The highest BCUT2D eigenvalue weighted by Crippen LogP contribution is 2.30. The largest absolute Gasteiger partial charge is 0.495 e. The van der Waals surface area contributed by atoms with E-state index in [9.17, 15) is 0 Å². The molecule has 3 rings (SSSR count). The third-order valence-corrected chi connectivity index (χ3v) is 5.54. The molecule has 2 aromatic rings. The van der Waals surface area contributed by atoms with E-state index in [-0.39, 0.29) is 0 Å². The summed E-state index contributed by atoms with van der Waals surface area (Å²) in [5.74, 6) is 1.81. The van der Waals surface area contributed by atoms with E-state index >= 15 is 0 Å². The number of thiazole rings is 1. The fourth-order valence-corrected chi connectivity index (χ4v) is 4.06. The Morgan fingerprint density at radius 1 is 1.41 bits per heavy atom. The van der Waals surface area contributed by atoms with Crippen molar-refractivity contribution in [3.63, 3.8) is 0 Å². The minimum absolute atomic E-state index is 0.370. The first kappa shape index (κ1) is 19.5. The van der Waals surface area contributed by atoms with E-state index in [0.29, 0.717) is 6.04 Å². The van der Waals surface area contributed by atoms with Crippen LogP contribution in [0.3, 0.4) is 0 Å². The smallest absolute Gasteiger partial charge is 0.191 e. The summed E-state index contributed by atoms with van der Waals surface area (Å²) in [6.45, 7) is 7.73. The van der Waals surface area contributed by atoms with Gasteiger partial charge in [-0.2, -0.15) is 0 Å². The molecule has 1 saturated heterocycles. The van der Waals surface area contributed by atoms with Gasteiger partial charge in [-0.05, 0) is 32.4 Å². The van der Waals surface area contributed by atoms with Crippen LogP contribution in [0.15, 0.2) is 35.5 Å². The van der Waals surface area contributed by atoms with Gasteiger partial charge in [0.1, 0.15) is 5.75 Å². The van der Waals surface area contributed by atoms with Crippen molar-refractivity contribution in [3.05, 3.63) is 40.3 Å². The summed E-state index contributed by atoms with van der Waals surface area (Å²) in [5.41, 5.74) is 1.16. The number of nitrogens with one attached hydrogen (secondary N) is 2. The van der Waals surface area contributed by atoms with Crippen molar-refractivity contribution in [2.75, 3.05) is 38.2 Å². The van der Waals surface area contributed by atoms with E-state index < -0.39 is 0 Å². The molecule has 0 aliphatic carbocycles. The minimum Gasteiger partial charge on any atom is -0.495 e. The van der Waals surface area contributed by atoms with Crippen LogP contribution in [0.4, 0.5) is 5.69 Å². The van der Waals surface area contributed by atoms with Crippen LogP contribution in [0.5, 0.6) is 5.75 Å². The first-order chi connectivity index (χ1) is 13.2. The topological polar surface area (TPSA) is 61.8 Å². The monoisotopic (exact) mass is 387 g/mol. The maximum Gasteiger partial charge on any atom is 0.191 e. The fraction of sp³-hybridized carbons (Fsp3) is 0.500.